The fraction of sp³-hybridized carbons (Fsp3) is 0.491. The molecule has 76 heavy (non-hydrogen) atoms. The lowest BCUT2D eigenvalue weighted by molar-refractivity contribution is -0.385. The first kappa shape index (κ1) is 58.1. The topological polar surface area (TPSA) is 259 Å². The highest BCUT2D eigenvalue weighted by Gasteiger charge is 2.39. The van der Waals surface area contributed by atoms with Gasteiger partial charge in [0.1, 0.15) is 33.9 Å². The van der Waals surface area contributed by atoms with E-state index < -0.39 is 62.8 Å². The van der Waals surface area contributed by atoms with Gasteiger partial charge in [-0.05, 0) is 193 Å². The normalized spacial score (nSPS) is 17.8. The lowest BCUT2D eigenvalue weighted by Crippen LogP contribution is -2.44. The number of aromatic nitrogens is 2. The summed E-state index contributed by atoms with van der Waals surface area (Å²) in [5.41, 5.74) is -2.35. The quantitative estimate of drug-likeness (QED) is 0.0470. The van der Waals surface area contributed by atoms with Crippen LogP contribution in [0.1, 0.15) is 168 Å². The van der Waals surface area contributed by atoms with E-state index in [1.807, 2.05) is 0 Å². The van der Waals surface area contributed by atoms with E-state index in [9.17, 15) is 44.2 Å². The molecule has 2 saturated carbocycles. The van der Waals surface area contributed by atoms with Crippen molar-refractivity contribution in [2.45, 2.75) is 168 Å². The highest BCUT2D eigenvalue weighted by Crippen LogP contribution is 2.49. The molecule has 2 aromatic carbocycles. The number of benzene rings is 2. The first-order valence-corrected chi connectivity index (χ1v) is 25.2. The number of carbonyl (C=O) groups is 5. The molecule has 4 amide bonds. The van der Waals surface area contributed by atoms with Crippen LogP contribution in [-0.4, -0.2) is 72.7 Å². The molecule has 4 atom stereocenters. The van der Waals surface area contributed by atoms with E-state index in [2.05, 4.69) is 9.97 Å². The summed E-state index contributed by atoms with van der Waals surface area (Å²) in [4.78, 5) is 100.0. The Balaban J connectivity index is 1.16. The summed E-state index contributed by atoms with van der Waals surface area (Å²) >= 11 is 13.4. The molecule has 2 aliphatic carbocycles. The van der Waals surface area contributed by atoms with Gasteiger partial charge in [0.25, 0.3) is 11.4 Å². The molecule has 4 aromatic rings. The molecular formula is C53H62Cl2N6O15. The van der Waals surface area contributed by atoms with Crippen LogP contribution in [0.4, 0.5) is 47.0 Å². The van der Waals surface area contributed by atoms with E-state index in [1.165, 1.54) is 48.8 Å². The summed E-state index contributed by atoms with van der Waals surface area (Å²) in [5, 5.41) is 24.5. The highest BCUT2D eigenvalue weighted by molar-refractivity contribution is 6.35. The van der Waals surface area contributed by atoms with Crippen LogP contribution < -0.4 is 19.3 Å². The molecule has 0 aliphatic heterocycles. The number of hydrogen-bond acceptors (Lipinski definition) is 17. The van der Waals surface area contributed by atoms with Crippen LogP contribution in [0.5, 0.6) is 11.5 Å². The maximum atomic E-state index is 13.3. The zero-order chi connectivity index (χ0) is 56.4. The van der Waals surface area contributed by atoms with Crippen LogP contribution in [0.25, 0.3) is 0 Å². The van der Waals surface area contributed by atoms with Crippen molar-refractivity contribution in [3.8, 4) is 11.5 Å². The van der Waals surface area contributed by atoms with E-state index >= 15 is 0 Å². The molecule has 0 saturated heterocycles. The molecule has 2 fully saturated rings. The van der Waals surface area contributed by atoms with Crippen LogP contribution in [0, 0.1) is 20.2 Å². The van der Waals surface area contributed by atoms with Gasteiger partial charge in [0.15, 0.2) is 11.6 Å². The number of anilines is 2. The summed E-state index contributed by atoms with van der Waals surface area (Å²) in [6.45, 7) is 19.6. The van der Waals surface area contributed by atoms with E-state index in [0.717, 1.165) is 0 Å². The van der Waals surface area contributed by atoms with Gasteiger partial charge in [0.2, 0.25) is 0 Å². The molecule has 0 radical (unpaired) electrons. The third kappa shape index (κ3) is 15.0. The standard InChI is InChI=1S/C53H62Cl2N6O15/c1-50(2,3)73-45(62)58(46(63)74-51(4,5)6)43-39(54)23-33(27-56-43)29-13-15-31(21-29)37-25-35(17-19-41(37)60(67)68)71-49(66)72-36-18-20-42(61(69)70)38(26-36)32-16-14-30(22-32)34-24-40(55)44(57-28-34)59(47(64)75-52(7,8)9)48(65)76-53(10,11)12/h17-20,23-32H,13-16,21-22H2,1-12H3. The van der Waals surface area contributed by atoms with Crippen molar-refractivity contribution < 1.29 is 62.2 Å². The fourth-order valence-corrected chi connectivity index (χ4v) is 9.44. The minimum atomic E-state index is -1.20. The van der Waals surface area contributed by atoms with Crippen LogP contribution in [0.3, 0.4) is 0 Å². The number of imide groups is 2. The maximum Gasteiger partial charge on any atom is 0.519 e. The van der Waals surface area contributed by atoms with Crippen LogP contribution in [0.15, 0.2) is 60.9 Å². The SMILES string of the molecule is CC(C)(C)OC(=O)N(C(=O)OC(C)(C)C)c1ncc(C2CCC(c3cc(OC(=O)Oc4ccc([N+](=O)[O-])c(C5CCC(c6cnc(N(C(=O)OC(C)(C)C)C(=O)OC(C)(C)C)c(Cl)c6)C5)c4)ccc3[N+](=O)[O-])C2)cc1Cl. The molecule has 2 heterocycles. The average Bonchev–Trinajstić information content (AvgIpc) is 3.97. The molecule has 23 heteroatoms. The lowest BCUT2D eigenvalue weighted by atomic mass is 9.92. The minimum absolute atomic E-state index is 0.0381. The van der Waals surface area contributed by atoms with Crippen molar-refractivity contribution in [3.05, 3.63) is 113 Å². The number of hydrogen-bond donors (Lipinski definition) is 0. The molecule has 0 N–H and O–H groups in total. The second-order valence-corrected chi connectivity index (χ2v) is 23.4. The smallest absolute Gasteiger partial charge is 0.443 e. The molecule has 2 aliphatic rings. The van der Waals surface area contributed by atoms with Gasteiger partial charge in [-0.1, -0.05) is 23.2 Å². The van der Waals surface area contributed by atoms with Gasteiger partial charge in [0, 0.05) is 35.7 Å². The van der Waals surface area contributed by atoms with Gasteiger partial charge in [-0.2, -0.15) is 9.80 Å². The highest BCUT2D eigenvalue weighted by atomic mass is 35.5. The number of nitrogens with zero attached hydrogens (tertiary/aromatic N) is 6. The van der Waals surface area contributed by atoms with E-state index in [4.69, 9.17) is 51.6 Å². The van der Waals surface area contributed by atoms with Crippen molar-refractivity contribution in [1.29, 1.82) is 0 Å². The predicted octanol–water partition coefficient (Wildman–Crippen LogP) is 14.6. The zero-order valence-electron chi connectivity index (χ0n) is 44.4. The number of nitro benzene ring substituents is 2. The third-order valence-corrected chi connectivity index (χ3v) is 12.5. The van der Waals surface area contributed by atoms with Crippen LogP contribution in [-0.2, 0) is 18.9 Å². The lowest BCUT2D eigenvalue weighted by Gasteiger charge is -2.28. The summed E-state index contributed by atoms with van der Waals surface area (Å²) in [5.74, 6) is -1.68. The Bertz CT molecular complexity index is 2680. The van der Waals surface area contributed by atoms with E-state index in [0.29, 0.717) is 70.6 Å². The second kappa shape index (κ2) is 22.6. The molecular weight excluding hydrogens is 1030 g/mol. The van der Waals surface area contributed by atoms with Crippen molar-refractivity contribution >= 4 is 76.7 Å². The zero-order valence-corrected chi connectivity index (χ0v) is 45.9. The number of rotatable bonds is 10. The maximum absolute atomic E-state index is 13.3. The van der Waals surface area contributed by atoms with Crippen molar-refractivity contribution in [2.24, 2.45) is 0 Å². The summed E-state index contributed by atoms with van der Waals surface area (Å²) in [6.07, 6.45) is 0.472. The minimum Gasteiger partial charge on any atom is -0.443 e. The Morgan fingerprint density at radius 3 is 1.09 bits per heavy atom. The van der Waals surface area contributed by atoms with E-state index in [-0.39, 0.29) is 68.2 Å². The predicted molar refractivity (Wildman–Crippen MR) is 280 cm³/mol. The number of pyridine rings is 2. The molecule has 408 valence electrons. The first-order chi connectivity index (χ1) is 35.2. The molecule has 0 spiro atoms. The molecule has 2 aromatic heterocycles. The van der Waals surface area contributed by atoms with Gasteiger partial charge < -0.3 is 28.4 Å². The largest absolute Gasteiger partial charge is 0.519 e. The van der Waals surface area contributed by atoms with Crippen molar-refractivity contribution in [1.82, 2.24) is 9.97 Å². The van der Waals surface area contributed by atoms with Crippen molar-refractivity contribution in [2.75, 3.05) is 9.80 Å². The Hall–Kier alpha value is -7.13. The number of carbonyl (C=O) groups excluding carboxylic acids is 5. The van der Waals surface area contributed by atoms with E-state index in [1.54, 1.807) is 95.2 Å². The van der Waals surface area contributed by atoms with Crippen LogP contribution in [0.2, 0.25) is 10.0 Å². The number of amides is 4. The summed E-state index contributed by atoms with van der Waals surface area (Å²) < 4.78 is 32.9. The molecule has 0 bridgehead atoms. The van der Waals surface area contributed by atoms with Gasteiger partial charge in [0.05, 0.1) is 19.9 Å². The molecule has 21 nitrogen and oxygen atoms in total. The molecule has 6 rings (SSSR count). The Morgan fingerprint density at radius 1 is 0.513 bits per heavy atom. The Morgan fingerprint density at radius 2 is 0.816 bits per heavy atom. The fourth-order valence-electron chi connectivity index (χ4n) is 8.92. The third-order valence-electron chi connectivity index (χ3n) is 11.9. The van der Waals surface area contributed by atoms with Gasteiger partial charge >= 0.3 is 30.5 Å². The number of ether oxygens (including phenoxy) is 6. The monoisotopic (exact) mass is 1090 g/mol. The second-order valence-electron chi connectivity index (χ2n) is 22.6. The van der Waals surface area contributed by atoms with Gasteiger partial charge in [-0.15, -0.1) is 0 Å². The van der Waals surface area contributed by atoms with Crippen LogP contribution >= 0.6 is 23.2 Å². The summed E-state index contributed by atoms with van der Waals surface area (Å²) in [7, 11) is 0. The Labute approximate surface area is 449 Å². The molecule has 4 unspecified atom stereocenters. The summed E-state index contributed by atoms with van der Waals surface area (Å²) in [6, 6.07) is 10.9. The number of halogens is 2. The number of nitro groups is 2. The Kier molecular flexibility index (Phi) is 17.3. The van der Waals surface area contributed by atoms with Crippen molar-refractivity contribution in [3.63, 3.8) is 0 Å². The van der Waals surface area contributed by atoms with Gasteiger partial charge in [-0.3, -0.25) is 20.2 Å². The average molecular weight is 1090 g/mol. The van der Waals surface area contributed by atoms with Gasteiger partial charge in [-0.25, -0.2) is 33.9 Å². The first-order valence-electron chi connectivity index (χ1n) is 24.5.